The van der Waals surface area contributed by atoms with E-state index < -0.39 is 0 Å². The maximum Gasteiger partial charge on any atom is 0.226 e. The Hall–Kier alpha value is -2.57. The van der Waals surface area contributed by atoms with Crippen LogP contribution in [0.4, 0.5) is 11.4 Å². The summed E-state index contributed by atoms with van der Waals surface area (Å²) in [4.78, 5) is 29.2. The number of nitrogens with one attached hydrogen (secondary N) is 1. The number of carbonyl (C=O) groups excluding carboxylic acids is 2. The normalized spacial score (nSPS) is 15.6. The van der Waals surface area contributed by atoms with Crippen LogP contribution in [0.15, 0.2) is 54.6 Å². The summed E-state index contributed by atoms with van der Waals surface area (Å²) in [5.74, 6) is -0.00240. The number of likely N-dealkylation sites (tertiary alicyclic amines) is 1. The second kappa shape index (κ2) is 12.1. The maximum absolute atomic E-state index is 12.7. The molecule has 1 heterocycles. The van der Waals surface area contributed by atoms with E-state index in [1.807, 2.05) is 61.2 Å². The zero-order valence-corrected chi connectivity index (χ0v) is 20.7. The maximum atomic E-state index is 12.7. The minimum atomic E-state index is -0.270. The Kier molecular flexibility index (Phi) is 9.15. The van der Waals surface area contributed by atoms with Crippen LogP contribution in [0.5, 0.6) is 0 Å². The second-order valence-electron chi connectivity index (χ2n) is 8.79. The van der Waals surface area contributed by atoms with Crippen molar-refractivity contribution in [1.29, 1.82) is 0 Å². The first-order valence-corrected chi connectivity index (χ1v) is 12.3. The molecule has 1 saturated heterocycles. The van der Waals surface area contributed by atoms with Crippen molar-refractivity contribution in [2.45, 2.75) is 52.5 Å². The summed E-state index contributed by atoms with van der Waals surface area (Å²) < 4.78 is 0. The van der Waals surface area contributed by atoms with Gasteiger partial charge in [-0.2, -0.15) is 0 Å². The molecule has 1 aliphatic heterocycles. The minimum absolute atomic E-state index is 0.0684. The van der Waals surface area contributed by atoms with Crippen molar-refractivity contribution in [2.24, 2.45) is 5.92 Å². The van der Waals surface area contributed by atoms with Gasteiger partial charge in [-0.3, -0.25) is 9.59 Å². The number of benzene rings is 2. The third-order valence-corrected chi connectivity index (χ3v) is 6.92. The van der Waals surface area contributed by atoms with E-state index in [0.29, 0.717) is 11.4 Å². The molecular formula is C27H35N3O2S. The van der Waals surface area contributed by atoms with Gasteiger partial charge >= 0.3 is 0 Å². The largest absolute Gasteiger partial charge is 0.349 e. The van der Waals surface area contributed by atoms with Gasteiger partial charge < -0.3 is 15.1 Å². The Morgan fingerprint density at radius 1 is 1.09 bits per heavy atom. The zero-order valence-electron chi connectivity index (χ0n) is 19.9. The number of para-hydroxylation sites is 1. The van der Waals surface area contributed by atoms with Crippen LogP contribution >= 0.6 is 12.2 Å². The first kappa shape index (κ1) is 25.1. The zero-order chi connectivity index (χ0) is 23.8. The molecule has 0 bridgehead atoms. The van der Waals surface area contributed by atoms with Crippen molar-refractivity contribution >= 4 is 40.3 Å². The molecule has 0 aromatic heterocycles. The topological polar surface area (TPSA) is 52.7 Å². The van der Waals surface area contributed by atoms with Crippen LogP contribution in [0.2, 0.25) is 0 Å². The molecule has 33 heavy (non-hydrogen) atoms. The summed E-state index contributed by atoms with van der Waals surface area (Å²) in [6.45, 7) is 8.33. The third kappa shape index (κ3) is 6.95. The number of piperidine rings is 1. The highest BCUT2D eigenvalue weighted by molar-refractivity contribution is 7.80. The standard InChI is InChI=1S/C27H35N3O2S/c1-4-26(32)30(24-8-6-5-7-9-24)25-15-18-29(19-16-25)17-14-22-10-12-23(13-11-22)28-27(33)20(2)21(3)31/h5-13,20,25H,4,14-19H2,1-3H3,(H,28,33). The summed E-state index contributed by atoms with van der Waals surface area (Å²) in [5, 5.41) is 3.17. The van der Waals surface area contributed by atoms with E-state index in [2.05, 4.69) is 22.3 Å². The van der Waals surface area contributed by atoms with E-state index >= 15 is 0 Å². The van der Waals surface area contributed by atoms with E-state index in [0.717, 1.165) is 50.3 Å². The molecule has 2 aromatic carbocycles. The van der Waals surface area contributed by atoms with Gasteiger partial charge in [0.15, 0.2) is 0 Å². The number of amides is 1. The van der Waals surface area contributed by atoms with Gasteiger partial charge in [-0.1, -0.05) is 49.5 Å². The van der Waals surface area contributed by atoms with Gasteiger partial charge in [-0.25, -0.2) is 0 Å². The molecule has 1 atom stereocenters. The molecule has 1 N–H and O–H groups in total. The van der Waals surface area contributed by atoms with Crippen LogP contribution in [0.25, 0.3) is 0 Å². The van der Waals surface area contributed by atoms with Gasteiger partial charge in [0.25, 0.3) is 0 Å². The van der Waals surface area contributed by atoms with Crippen molar-refractivity contribution in [2.75, 3.05) is 29.9 Å². The van der Waals surface area contributed by atoms with Gasteiger partial charge in [0.1, 0.15) is 5.78 Å². The van der Waals surface area contributed by atoms with Crippen LogP contribution in [0.1, 0.15) is 45.6 Å². The summed E-state index contributed by atoms with van der Waals surface area (Å²) >= 11 is 5.32. The summed E-state index contributed by atoms with van der Waals surface area (Å²) in [6, 6.07) is 18.6. The van der Waals surface area contributed by atoms with Crippen molar-refractivity contribution in [1.82, 2.24) is 4.90 Å². The Labute approximate surface area is 203 Å². The van der Waals surface area contributed by atoms with Crippen LogP contribution < -0.4 is 10.2 Å². The second-order valence-corrected chi connectivity index (χ2v) is 9.23. The molecule has 3 rings (SSSR count). The number of thiocarbonyl (C=S) groups is 1. The fraction of sp³-hybridized carbons (Fsp3) is 0.444. The molecule has 0 aliphatic carbocycles. The van der Waals surface area contributed by atoms with Crippen molar-refractivity contribution in [3.63, 3.8) is 0 Å². The number of hydrogen-bond donors (Lipinski definition) is 1. The van der Waals surface area contributed by atoms with Crippen LogP contribution in [-0.2, 0) is 16.0 Å². The average molecular weight is 466 g/mol. The lowest BCUT2D eigenvalue weighted by molar-refractivity contribution is -0.119. The lowest BCUT2D eigenvalue weighted by Gasteiger charge is -2.38. The molecule has 0 radical (unpaired) electrons. The predicted octanol–water partition coefficient (Wildman–Crippen LogP) is 5.10. The molecule has 1 unspecified atom stereocenters. The molecule has 0 saturated carbocycles. The molecule has 176 valence electrons. The Morgan fingerprint density at radius 3 is 2.30 bits per heavy atom. The van der Waals surface area contributed by atoms with Crippen molar-refractivity contribution < 1.29 is 9.59 Å². The first-order valence-electron chi connectivity index (χ1n) is 11.9. The van der Waals surface area contributed by atoms with E-state index in [4.69, 9.17) is 12.2 Å². The van der Waals surface area contributed by atoms with Crippen LogP contribution in [-0.4, -0.2) is 47.3 Å². The van der Waals surface area contributed by atoms with E-state index in [9.17, 15) is 9.59 Å². The highest BCUT2D eigenvalue weighted by Crippen LogP contribution is 2.25. The van der Waals surface area contributed by atoms with Gasteiger partial charge in [-0.15, -0.1) is 0 Å². The van der Waals surface area contributed by atoms with Crippen LogP contribution in [0, 0.1) is 5.92 Å². The van der Waals surface area contributed by atoms with Crippen molar-refractivity contribution in [3.05, 3.63) is 60.2 Å². The Bertz CT molecular complexity index is 938. The Morgan fingerprint density at radius 2 is 1.73 bits per heavy atom. The number of ketones is 1. The minimum Gasteiger partial charge on any atom is -0.349 e. The smallest absolute Gasteiger partial charge is 0.226 e. The summed E-state index contributed by atoms with van der Waals surface area (Å²) in [7, 11) is 0. The molecule has 1 aliphatic rings. The number of anilines is 2. The SMILES string of the molecule is CCC(=O)N(c1ccccc1)C1CCN(CCc2ccc(NC(=S)C(C)C(C)=O)cc2)CC1. The van der Waals surface area contributed by atoms with Gasteiger partial charge in [-0.05, 0) is 62.9 Å². The fourth-order valence-electron chi connectivity index (χ4n) is 4.20. The Balaban J connectivity index is 1.49. The highest BCUT2D eigenvalue weighted by Gasteiger charge is 2.28. The fourth-order valence-corrected chi connectivity index (χ4v) is 4.48. The summed E-state index contributed by atoms with van der Waals surface area (Å²) in [5.41, 5.74) is 3.20. The van der Waals surface area contributed by atoms with E-state index in [-0.39, 0.29) is 23.7 Å². The summed E-state index contributed by atoms with van der Waals surface area (Å²) in [6.07, 6.45) is 3.50. The molecule has 1 fully saturated rings. The van der Waals surface area contributed by atoms with Gasteiger partial charge in [0.2, 0.25) is 5.91 Å². The van der Waals surface area contributed by atoms with Gasteiger partial charge in [0, 0.05) is 43.5 Å². The number of rotatable bonds is 9. The molecule has 0 spiro atoms. The number of nitrogens with zero attached hydrogens (tertiary/aromatic N) is 2. The van der Waals surface area contributed by atoms with Gasteiger partial charge in [0.05, 0.1) is 10.9 Å². The average Bonchev–Trinajstić information content (AvgIpc) is 2.84. The molecule has 1 amide bonds. The number of carbonyl (C=O) groups is 2. The van der Waals surface area contributed by atoms with Crippen LogP contribution in [0.3, 0.4) is 0 Å². The predicted molar refractivity (Wildman–Crippen MR) is 140 cm³/mol. The lowest BCUT2D eigenvalue weighted by Crippen LogP contribution is -2.47. The quantitative estimate of drug-likeness (QED) is 0.522. The van der Waals surface area contributed by atoms with Crippen molar-refractivity contribution in [3.8, 4) is 0 Å². The highest BCUT2D eigenvalue weighted by atomic mass is 32.1. The number of hydrogen-bond acceptors (Lipinski definition) is 4. The third-order valence-electron chi connectivity index (χ3n) is 6.47. The van der Waals surface area contributed by atoms with E-state index in [1.54, 1.807) is 6.92 Å². The first-order chi connectivity index (χ1) is 15.9. The molecule has 2 aromatic rings. The number of Topliss-reactive ketones (excluding diaryl/α,β-unsaturated/α-hetero) is 1. The van der Waals surface area contributed by atoms with E-state index in [1.165, 1.54) is 5.56 Å². The molecule has 6 heteroatoms. The monoisotopic (exact) mass is 465 g/mol. The molecule has 5 nitrogen and oxygen atoms in total. The lowest BCUT2D eigenvalue weighted by atomic mass is 10.0. The molecular weight excluding hydrogens is 430 g/mol.